The summed E-state index contributed by atoms with van der Waals surface area (Å²) in [5.74, 6) is -1.40. The van der Waals surface area contributed by atoms with Crippen molar-refractivity contribution in [3.05, 3.63) is 64.7 Å². The van der Waals surface area contributed by atoms with Gasteiger partial charge in [-0.25, -0.2) is 9.59 Å². The Hall–Kier alpha value is -3.35. The van der Waals surface area contributed by atoms with Crippen molar-refractivity contribution >= 4 is 17.8 Å². The lowest BCUT2D eigenvalue weighted by atomic mass is 10.1. The summed E-state index contributed by atoms with van der Waals surface area (Å²) in [4.78, 5) is 34.5. The average Bonchev–Trinajstić information content (AvgIpc) is 2.65. The lowest BCUT2D eigenvalue weighted by Crippen LogP contribution is -2.10. The molecular weight excluding hydrogens is 326 g/mol. The molecule has 0 saturated carbocycles. The molecule has 0 heterocycles. The van der Waals surface area contributed by atoms with Gasteiger partial charge in [0.1, 0.15) is 12.4 Å². The van der Waals surface area contributed by atoms with Crippen LogP contribution in [0.3, 0.4) is 0 Å². The maximum atomic E-state index is 11.7. The molecule has 25 heavy (non-hydrogen) atoms. The minimum absolute atomic E-state index is 0.171. The van der Waals surface area contributed by atoms with Gasteiger partial charge in [0.2, 0.25) is 5.91 Å². The maximum absolute atomic E-state index is 11.7. The van der Waals surface area contributed by atoms with E-state index in [0.717, 1.165) is 5.56 Å². The standard InChI is InChI=1S/C18H17NO6/c1-23-17(21)13-7-14(18(22)24-2)9-15(8-13)25-10-11-3-5-12(6-4-11)16(19)20/h3-9H,10H2,1-2H3,(H2,19,20). The number of primary amides is 1. The summed E-state index contributed by atoms with van der Waals surface area (Å²) in [5.41, 5.74) is 6.71. The van der Waals surface area contributed by atoms with Crippen LogP contribution in [-0.4, -0.2) is 32.1 Å². The van der Waals surface area contributed by atoms with E-state index in [9.17, 15) is 14.4 Å². The number of ether oxygens (including phenoxy) is 3. The highest BCUT2D eigenvalue weighted by Crippen LogP contribution is 2.20. The van der Waals surface area contributed by atoms with Crippen LogP contribution in [0.4, 0.5) is 0 Å². The number of carbonyl (C=O) groups excluding carboxylic acids is 3. The number of nitrogens with two attached hydrogens (primary N) is 1. The van der Waals surface area contributed by atoms with E-state index in [2.05, 4.69) is 9.47 Å². The molecule has 0 atom stereocenters. The second-order valence-corrected chi connectivity index (χ2v) is 5.08. The number of hydrogen-bond donors (Lipinski definition) is 1. The Bertz CT molecular complexity index is 763. The molecule has 7 heteroatoms. The summed E-state index contributed by atoms with van der Waals surface area (Å²) in [6.45, 7) is 0.171. The van der Waals surface area contributed by atoms with Crippen LogP contribution in [-0.2, 0) is 16.1 Å². The van der Waals surface area contributed by atoms with Gasteiger partial charge in [0, 0.05) is 5.56 Å². The molecule has 0 aliphatic carbocycles. The van der Waals surface area contributed by atoms with E-state index in [1.54, 1.807) is 24.3 Å². The Morgan fingerprint density at radius 2 is 1.36 bits per heavy atom. The topological polar surface area (TPSA) is 105 Å². The summed E-state index contributed by atoms with van der Waals surface area (Å²) in [5, 5.41) is 0. The highest BCUT2D eigenvalue weighted by Gasteiger charge is 2.14. The highest BCUT2D eigenvalue weighted by atomic mass is 16.5. The number of rotatable bonds is 6. The van der Waals surface area contributed by atoms with Gasteiger partial charge < -0.3 is 19.9 Å². The first-order chi connectivity index (χ1) is 11.9. The van der Waals surface area contributed by atoms with Crippen molar-refractivity contribution in [1.82, 2.24) is 0 Å². The molecular formula is C18H17NO6. The molecule has 2 aromatic rings. The predicted octanol–water partition coefficient (Wildman–Crippen LogP) is 1.94. The molecule has 2 N–H and O–H groups in total. The molecule has 2 rings (SSSR count). The number of benzene rings is 2. The van der Waals surface area contributed by atoms with Crippen LogP contribution in [0.1, 0.15) is 36.6 Å². The van der Waals surface area contributed by atoms with Crippen molar-refractivity contribution in [3.8, 4) is 5.75 Å². The molecule has 0 radical (unpaired) electrons. The van der Waals surface area contributed by atoms with Gasteiger partial charge in [0.25, 0.3) is 0 Å². The highest BCUT2D eigenvalue weighted by molar-refractivity contribution is 5.96. The Balaban J connectivity index is 2.21. The van der Waals surface area contributed by atoms with E-state index >= 15 is 0 Å². The molecule has 2 aromatic carbocycles. The fourth-order valence-corrected chi connectivity index (χ4v) is 2.09. The zero-order chi connectivity index (χ0) is 18.4. The summed E-state index contributed by atoms with van der Waals surface area (Å²) >= 11 is 0. The number of carbonyl (C=O) groups is 3. The molecule has 1 amide bonds. The first kappa shape index (κ1) is 18.0. The van der Waals surface area contributed by atoms with Gasteiger partial charge in [-0.05, 0) is 35.9 Å². The Morgan fingerprint density at radius 3 is 1.80 bits per heavy atom. The van der Waals surface area contributed by atoms with Gasteiger partial charge in [-0.15, -0.1) is 0 Å². The van der Waals surface area contributed by atoms with E-state index in [0.29, 0.717) is 11.3 Å². The zero-order valence-electron chi connectivity index (χ0n) is 13.8. The van der Waals surface area contributed by atoms with Crippen LogP contribution in [0.5, 0.6) is 5.75 Å². The molecule has 0 aromatic heterocycles. The van der Waals surface area contributed by atoms with Crippen LogP contribution in [0.15, 0.2) is 42.5 Å². The van der Waals surface area contributed by atoms with Crippen molar-refractivity contribution in [3.63, 3.8) is 0 Å². The van der Waals surface area contributed by atoms with Crippen LogP contribution >= 0.6 is 0 Å². The van der Waals surface area contributed by atoms with Crippen molar-refractivity contribution in [2.45, 2.75) is 6.61 Å². The van der Waals surface area contributed by atoms with Crippen LogP contribution in [0.2, 0.25) is 0 Å². The summed E-state index contributed by atoms with van der Waals surface area (Å²) < 4.78 is 15.0. The summed E-state index contributed by atoms with van der Waals surface area (Å²) in [7, 11) is 2.49. The number of amides is 1. The average molecular weight is 343 g/mol. The molecule has 0 fully saturated rings. The van der Waals surface area contributed by atoms with Crippen molar-refractivity contribution in [1.29, 1.82) is 0 Å². The van der Waals surface area contributed by atoms with E-state index < -0.39 is 17.8 Å². The van der Waals surface area contributed by atoms with E-state index in [4.69, 9.17) is 10.5 Å². The number of esters is 2. The number of methoxy groups -OCH3 is 2. The van der Waals surface area contributed by atoms with Crippen LogP contribution in [0.25, 0.3) is 0 Å². The lowest BCUT2D eigenvalue weighted by Gasteiger charge is -2.10. The summed E-state index contributed by atoms with van der Waals surface area (Å²) in [6.07, 6.45) is 0. The molecule has 7 nitrogen and oxygen atoms in total. The van der Waals surface area contributed by atoms with Crippen LogP contribution < -0.4 is 10.5 Å². The molecule has 0 aliphatic heterocycles. The van der Waals surface area contributed by atoms with Crippen LogP contribution in [0, 0.1) is 0 Å². The molecule has 0 aliphatic rings. The summed E-state index contributed by atoms with van der Waals surface area (Å²) in [6, 6.07) is 10.9. The molecule has 0 bridgehead atoms. The van der Waals surface area contributed by atoms with Gasteiger partial charge in [-0.1, -0.05) is 12.1 Å². The maximum Gasteiger partial charge on any atom is 0.338 e. The van der Waals surface area contributed by atoms with Crippen molar-refractivity contribution < 1.29 is 28.6 Å². The fourth-order valence-electron chi connectivity index (χ4n) is 2.09. The molecule has 0 unspecified atom stereocenters. The van der Waals surface area contributed by atoms with Gasteiger partial charge in [-0.2, -0.15) is 0 Å². The SMILES string of the molecule is COC(=O)c1cc(OCc2ccc(C(N)=O)cc2)cc(C(=O)OC)c1. The Kier molecular flexibility index (Phi) is 5.73. The second kappa shape index (κ2) is 7.96. The van der Waals surface area contributed by atoms with Gasteiger partial charge in [0.05, 0.1) is 25.3 Å². The van der Waals surface area contributed by atoms with Gasteiger partial charge >= 0.3 is 11.9 Å². The first-order valence-corrected chi connectivity index (χ1v) is 7.28. The normalized spacial score (nSPS) is 10.0. The smallest absolute Gasteiger partial charge is 0.338 e. The first-order valence-electron chi connectivity index (χ1n) is 7.28. The molecule has 130 valence electrons. The van der Waals surface area contributed by atoms with Crippen molar-refractivity contribution in [2.75, 3.05) is 14.2 Å². The zero-order valence-corrected chi connectivity index (χ0v) is 13.8. The Labute approximate surface area is 144 Å². The predicted molar refractivity (Wildman–Crippen MR) is 88.4 cm³/mol. The molecule has 0 spiro atoms. The van der Waals surface area contributed by atoms with E-state index in [-0.39, 0.29) is 17.7 Å². The monoisotopic (exact) mass is 343 g/mol. The third kappa shape index (κ3) is 4.57. The molecule has 0 saturated heterocycles. The second-order valence-electron chi connectivity index (χ2n) is 5.08. The lowest BCUT2D eigenvalue weighted by molar-refractivity contribution is 0.0598. The minimum atomic E-state index is -0.596. The third-order valence-electron chi connectivity index (χ3n) is 3.39. The van der Waals surface area contributed by atoms with E-state index in [1.807, 2.05) is 0 Å². The quantitative estimate of drug-likeness (QED) is 0.804. The minimum Gasteiger partial charge on any atom is -0.489 e. The third-order valence-corrected chi connectivity index (χ3v) is 3.39. The van der Waals surface area contributed by atoms with E-state index in [1.165, 1.54) is 32.4 Å². The van der Waals surface area contributed by atoms with Crippen molar-refractivity contribution in [2.24, 2.45) is 5.73 Å². The van der Waals surface area contributed by atoms with Gasteiger partial charge in [-0.3, -0.25) is 4.79 Å². The number of hydrogen-bond acceptors (Lipinski definition) is 6. The fraction of sp³-hybridized carbons (Fsp3) is 0.167. The van der Waals surface area contributed by atoms with Gasteiger partial charge in [0.15, 0.2) is 0 Å². The largest absolute Gasteiger partial charge is 0.489 e. The Morgan fingerprint density at radius 1 is 0.840 bits per heavy atom.